The first-order valence-electron chi connectivity index (χ1n) is 6.72. The van der Waals surface area contributed by atoms with E-state index in [-0.39, 0.29) is 17.2 Å². The first kappa shape index (κ1) is 14.5. The van der Waals surface area contributed by atoms with Crippen LogP contribution < -0.4 is 0 Å². The SMILES string of the molecule is CC1=NN(C(=O)c2ccccc2O)[C@@](O)(CC(C)C)C1. The van der Waals surface area contributed by atoms with Gasteiger partial charge in [-0.25, -0.2) is 0 Å². The molecule has 5 nitrogen and oxygen atoms in total. The largest absolute Gasteiger partial charge is 0.507 e. The number of aliphatic hydroxyl groups is 1. The molecule has 0 saturated heterocycles. The molecule has 1 heterocycles. The first-order valence-corrected chi connectivity index (χ1v) is 6.72. The van der Waals surface area contributed by atoms with E-state index in [4.69, 9.17) is 0 Å². The number of hydrogen-bond acceptors (Lipinski definition) is 4. The molecule has 0 fully saturated rings. The van der Waals surface area contributed by atoms with Crippen LogP contribution in [-0.2, 0) is 0 Å². The maximum atomic E-state index is 12.5. The van der Waals surface area contributed by atoms with Gasteiger partial charge in [-0.05, 0) is 31.4 Å². The molecule has 0 bridgehead atoms. The molecule has 20 heavy (non-hydrogen) atoms. The zero-order chi connectivity index (χ0) is 14.9. The Hall–Kier alpha value is -1.88. The summed E-state index contributed by atoms with van der Waals surface area (Å²) in [4.78, 5) is 12.5. The van der Waals surface area contributed by atoms with Crippen LogP contribution in [0.4, 0.5) is 0 Å². The number of hydrogen-bond donors (Lipinski definition) is 2. The second-order valence-corrected chi connectivity index (χ2v) is 5.73. The minimum Gasteiger partial charge on any atom is -0.507 e. The third kappa shape index (κ3) is 2.67. The summed E-state index contributed by atoms with van der Waals surface area (Å²) in [6, 6.07) is 6.28. The van der Waals surface area contributed by atoms with E-state index in [9.17, 15) is 15.0 Å². The molecule has 0 unspecified atom stereocenters. The molecule has 0 aromatic heterocycles. The van der Waals surface area contributed by atoms with E-state index in [1.54, 1.807) is 19.1 Å². The van der Waals surface area contributed by atoms with Crippen molar-refractivity contribution in [1.82, 2.24) is 5.01 Å². The van der Waals surface area contributed by atoms with Gasteiger partial charge < -0.3 is 10.2 Å². The summed E-state index contributed by atoms with van der Waals surface area (Å²) in [5.74, 6) is -0.368. The number of hydrazone groups is 1. The normalized spacial score (nSPS) is 22.2. The molecular formula is C15H20N2O3. The van der Waals surface area contributed by atoms with E-state index in [0.29, 0.717) is 18.6 Å². The molecule has 1 amide bonds. The highest BCUT2D eigenvalue weighted by molar-refractivity contribution is 5.99. The molecule has 0 spiro atoms. The lowest BCUT2D eigenvalue weighted by atomic mass is 9.95. The van der Waals surface area contributed by atoms with Gasteiger partial charge in [0.1, 0.15) is 5.75 Å². The number of benzene rings is 1. The fraction of sp³-hybridized carbons (Fsp3) is 0.467. The van der Waals surface area contributed by atoms with Gasteiger partial charge in [0.25, 0.3) is 5.91 Å². The fourth-order valence-electron chi connectivity index (χ4n) is 2.60. The van der Waals surface area contributed by atoms with Crippen LogP contribution in [0.15, 0.2) is 29.4 Å². The van der Waals surface area contributed by atoms with Gasteiger partial charge in [0, 0.05) is 12.1 Å². The van der Waals surface area contributed by atoms with Crippen LogP contribution in [0, 0.1) is 5.92 Å². The second kappa shape index (κ2) is 5.25. The third-order valence-electron chi connectivity index (χ3n) is 3.27. The fourth-order valence-corrected chi connectivity index (χ4v) is 2.60. The van der Waals surface area contributed by atoms with E-state index in [1.165, 1.54) is 12.1 Å². The van der Waals surface area contributed by atoms with Gasteiger partial charge >= 0.3 is 0 Å². The highest BCUT2D eigenvalue weighted by atomic mass is 16.3. The lowest BCUT2D eigenvalue weighted by Crippen LogP contribution is -2.46. The summed E-state index contributed by atoms with van der Waals surface area (Å²) < 4.78 is 0. The summed E-state index contributed by atoms with van der Waals surface area (Å²) in [5.41, 5.74) is -0.456. The van der Waals surface area contributed by atoms with Crippen molar-refractivity contribution in [2.75, 3.05) is 0 Å². The monoisotopic (exact) mass is 276 g/mol. The number of phenols is 1. The first-order chi connectivity index (χ1) is 9.33. The van der Waals surface area contributed by atoms with Crippen molar-refractivity contribution < 1.29 is 15.0 Å². The summed E-state index contributed by atoms with van der Waals surface area (Å²) in [6.07, 6.45) is 0.775. The van der Waals surface area contributed by atoms with E-state index in [2.05, 4.69) is 5.10 Å². The van der Waals surface area contributed by atoms with Crippen molar-refractivity contribution in [3.63, 3.8) is 0 Å². The van der Waals surface area contributed by atoms with Gasteiger partial charge in [0.15, 0.2) is 5.72 Å². The topological polar surface area (TPSA) is 73.1 Å². The number of aromatic hydroxyl groups is 1. The third-order valence-corrected chi connectivity index (χ3v) is 3.27. The predicted octanol–water partition coefficient (Wildman–Crippen LogP) is 2.35. The number of phenolic OH excluding ortho intramolecular Hbond substituents is 1. The highest BCUT2D eigenvalue weighted by Gasteiger charge is 2.44. The molecule has 2 N–H and O–H groups in total. The van der Waals surface area contributed by atoms with Crippen molar-refractivity contribution in [3.05, 3.63) is 29.8 Å². The molecule has 2 rings (SSSR count). The van der Waals surface area contributed by atoms with E-state index in [1.807, 2.05) is 13.8 Å². The van der Waals surface area contributed by atoms with Gasteiger partial charge in [0.2, 0.25) is 0 Å². The van der Waals surface area contributed by atoms with Gasteiger partial charge in [-0.2, -0.15) is 10.1 Å². The number of rotatable bonds is 3. The molecule has 1 atom stereocenters. The summed E-state index contributed by atoms with van der Waals surface area (Å²) in [7, 11) is 0. The molecular weight excluding hydrogens is 256 g/mol. The minimum atomic E-state index is -1.31. The summed E-state index contributed by atoms with van der Waals surface area (Å²) in [5, 5.41) is 25.8. The number of carbonyl (C=O) groups excluding carboxylic acids is 1. The molecule has 108 valence electrons. The Kier molecular flexibility index (Phi) is 3.81. The Morgan fingerprint density at radius 1 is 1.45 bits per heavy atom. The van der Waals surface area contributed by atoms with Crippen LogP contribution in [0.25, 0.3) is 0 Å². The molecule has 5 heteroatoms. The van der Waals surface area contributed by atoms with Gasteiger partial charge in [-0.1, -0.05) is 26.0 Å². The van der Waals surface area contributed by atoms with Gasteiger partial charge in [-0.3, -0.25) is 4.79 Å². The van der Waals surface area contributed by atoms with Crippen LogP contribution in [0.2, 0.25) is 0 Å². The average molecular weight is 276 g/mol. The standard InChI is InChI=1S/C15H20N2O3/c1-10(2)8-15(20)9-11(3)16-17(15)14(19)12-6-4-5-7-13(12)18/h4-7,10,18,20H,8-9H2,1-3H3/t15-/m1/s1. The quantitative estimate of drug-likeness (QED) is 0.890. The van der Waals surface area contributed by atoms with E-state index >= 15 is 0 Å². The maximum absolute atomic E-state index is 12.5. The second-order valence-electron chi connectivity index (χ2n) is 5.73. The van der Waals surface area contributed by atoms with Crippen molar-refractivity contribution in [1.29, 1.82) is 0 Å². The molecule has 0 radical (unpaired) electrons. The smallest absolute Gasteiger partial charge is 0.280 e. The minimum absolute atomic E-state index is 0.107. The van der Waals surface area contributed by atoms with E-state index < -0.39 is 11.6 Å². The Labute approximate surface area is 118 Å². The van der Waals surface area contributed by atoms with Crippen molar-refractivity contribution >= 4 is 11.6 Å². The van der Waals surface area contributed by atoms with E-state index in [0.717, 1.165) is 5.01 Å². The van der Waals surface area contributed by atoms with Crippen LogP contribution in [0.1, 0.15) is 44.0 Å². The highest BCUT2D eigenvalue weighted by Crippen LogP contribution is 2.33. The number of amides is 1. The molecule has 0 aliphatic carbocycles. The summed E-state index contributed by atoms with van der Waals surface area (Å²) in [6.45, 7) is 5.74. The predicted molar refractivity (Wildman–Crippen MR) is 76.4 cm³/mol. The van der Waals surface area contributed by atoms with Crippen molar-refractivity contribution in [2.45, 2.75) is 39.3 Å². The zero-order valence-electron chi connectivity index (χ0n) is 12.0. The Morgan fingerprint density at radius 2 is 2.10 bits per heavy atom. The Morgan fingerprint density at radius 3 is 2.70 bits per heavy atom. The molecule has 1 aromatic rings. The lowest BCUT2D eigenvalue weighted by molar-refractivity contribution is -0.0835. The number of carbonyl (C=O) groups is 1. The van der Waals surface area contributed by atoms with Gasteiger partial charge in [-0.15, -0.1) is 0 Å². The molecule has 0 saturated carbocycles. The maximum Gasteiger partial charge on any atom is 0.280 e. The number of para-hydroxylation sites is 1. The van der Waals surface area contributed by atoms with Crippen LogP contribution in [0.5, 0.6) is 5.75 Å². The van der Waals surface area contributed by atoms with Crippen molar-refractivity contribution in [3.8, 4) is 5.75 Å². The number of nitrogens with zero attached hydrogens (tertiary/aromatic N) is 2. The van der Waals surface area contributed by atoms with Crippen LogP contribution in [0.3, 0.4) is 0 Å². The Balaban J connectivity index is 2.34. The zero-order valence-corrected chi connectivity index (χ0v) is 12.0. The van der Waals surface area contributed by atoms with Crippen molar-refractivity contribution in [2.24, 2.45) is 11.0 Å². The lowest BCUT2D eigenvalue weighted by Gasteiger charge is -2.32. The average Bonchev–Trinajstić information content (AvgIpc) is 2.63. The van der Waals surface area contributed by atoms with Crippen LogP contribution >= 0.6 is 0 Å². The summed E-state index contributed by atoms with van der Waals surface area (Å²) >= 11 is 0. The van der Waals surface area contributed by atoms with Gasteiger partial charge in [0.05, 0.1) is 5.56 Å². The van der Waals surface area contributed by atoms with Crippen LogP contribution in [-0.4, -0.2) is 32.6 Å². The molecule has 1 aliphatic heterocycles. The Bertz CT molecular complexity index is 554. The molecule has 1 aromatic carbocycles. The molecule has 1 aliphatic rings.